The van der Waals surface area contributed by atoms with E-state index in [-0.39, 0.29) is 6.10 Å². The van der Waals surface area contributed by atoms with Crippen molar-refractivity contribution in [2.45, 2.75) is 32.9 Å². The summed E-state index contributed by atoms with van der Waals surface area (Å²) in [5.74, 6) is 1.69. The molecule has 0 bridgehead atoms. The number of fused-ring (bicyclic) bond motifs is 1. The number of aromatic nitrogens is 1. The van der Waals surface area contributed by atoms with Crippen molar-refractivity contribution in [3.05, 3.63) is 40.3 Å². The van der Waals surface area contributed by atoms with Gasteiger partial charge in [-0.1, -0.05) is 26.0 Å². The van der Waals surface area contributed by atoms with Gasteiger partial charge in [0.25, 0.3) is 0 Å². The third-order valence-electron chi connectivity index (χ3n) is 3.76. The smallest absolute Gasteiger partial charge is 0.161 e. The standard InChI is InChI=1S/C17H22N2O2S/c1-3-17-18-13(12-22-17)9-19(4-2)10-14-11-20-15-7-5-6-8-16(15)21-14/h5-8,12,14H,3-4,9-11H2,1-2H3. The highest BCUT2D eigenvalue weighted by atomic mass is 32.1. The zero-order valence-electron chi connectivity index (χ0n) is 13.1. The zero-order chi connectivity index (χ0) is 15.4. The van der Waals surface area contributed by atoms with Gasteiger partial charge in [-0.2, -0.15) is 0 Å². The van der Waals surface area contributed by atoms with E-state index in [2.05, 4.69) is 29.1 Å². The molecule has 118 valence electrons. The van der Waals surface area contributed by atoms with Crippen LogP contribution >= 0.6 is 11.3 Å². The number of thiazole rings is 1. The molecule has 3 rings (SSSR count). The Labute approximate surface area is 135 Å². The van der Waals surface area contributed by atoms with Gasteiger partial charge in [-0.25, -0.2) is 4.98 Å². The van der Waals surface area contributed by atoms with Crippen LogP contribution in [0, 0.1) is 0 Å². The molecule has 1 aliphatic heterocycles. The van der Waals surface area contributed by atoms with E-state index in [1.165, 1.54) is 5.01 Å². The van der Waals surface area contributed by atoms with Crippen LogP contribution in [0.1, 0.15) is 24.5 Å². The molecular weight excluding hydrogens is 296 g/mol. The molecule has 1 atom stereocenters. The molecule has 0 radical (unpaired) electrons. The highest BCUT2D eigenvalue weighted by molar-refractivity contribution is 7.09. The van der Waals surface area contributed by atoms with Crippen LogP contribution in [0.25, 0.3) is 0 Å². The van der Waals surface area contributed by atoms with Crippen molar-refractivity contribution < 1.29 is 9.47 Å². The highest BCUT2D eigenvalue weighted by Crippen LogP contribution is 2.31. The van der Waals surface area contributed by atoms with Gasteiger partial charge in [-0.05, 0) is 25.1 Å². The molecule has 1 aromatic carbocycles. The molecule has 1 aliphatic rings. The van der Waals surface area contributed by atoms with E-state index in [1.54, 1.807) is 11.3 Å². The normalized spacial score (nSPS) is 17.0. The number of nitrogens with zero attached hydrogens (tertiary/aromatic N) is 2. The number of likely N-dealkylation sites (N-methyl/N-ethyl adjacent to an activating group) is 1. The van der Waals surface area contributed by atoms with Crippen LogP contribution in [0.5, 0.6) is 11.5 Å². The summed E-state index contributed by atoms with van der Waals surface area (Å²) in [4.78, 5) is 7.01. The van der Waals surface area contributed by atoms with Crippen LogP contribution in [0.15, 0.2) is 29.6 Å². The average molecular weight is 318 g/mol. The molecule has 0 saturated heterocycles. The topological polar surface area (TPSA) is 34.6 Å². The van der Waals surface area contributed by atoms with Gasteiger partial charge in [0.05, 0.1) is 10.7 Å². The van der Waals surface area contributed by atoms with Crippen LogP contribution in [0.2, 0.25) is 0 Å². The van der Waals surface area contributed by atoms with Crippen LogP contribution < -0.4 is 9.47 Å². The van der Waals surface area contributed by atoms with E-state index in [0.29, 0.717) is 6.61 Å². The van der Waals surface area contributed by atoms with Crippen molar-refractivity contribution in [1.29, 1.82) is 0 Å². The molecule has 0 N–H and O–H groups in total. The van der Waals surface area contributed by atoms with Gasteiger partial charge in [0.15, 0.2) is 11.5 Å². The molecule has 0 spiro atoms. The molecule has 2 heterocycles. The van der Waals surface area contributed by atoms with Crippen molar-refractivity contribution in [1.82, 2.24) is 9.88 Å². The summed E-state index contributed by atoms with van der Waals surface area (Å²) in [6, 6.07) is 7.86. The Morgan fingerprint density at radius 1 is 1.27 bits per heavy atom. The third kappa shape index (κ3) is 3.59. The molecule has 22 heavy (non-hydrogen) atoms. The number of aryl methyl sites for hydroxylation is 1. The fourth-order valence-electron chi connectivity index (χ4n) is 2.56. The minimum absolute atomic E-state index is 0.0686. The predicted molar refractivity (Wildman–Crippen MR) is 88.8 cm³/mol. The first-order valence-electron chi connectivity index (χ1n) is 7.82. The first-order chi connectivity index (χ1) is 10.8. The van der Waals surface area contributed by atoms with Gasteiger partial charge >= 0.3 is 0 Å². The molecule has 5 heteroatoms. The lowest BCUT2D eigenvalue weighted by atomic mass is 10.2. The average Bonchev–Trinajstić information content (AvgIpc) is 3.01. The summed E-state index contributed by atoms with van der Waals surface area (Å²) >= 11 is 1.75. The first-order valence-corrected chi connectivity index (χ1v) is 8.70. The fourth-order valence-corrected chi connectivity index (χ4v) is 3.30. The fraction of sp³-hybridized carbons (Fsp3) is 0.471. The molecule has 0 aliphatic carbocycles. The van der Waals surface area contributed by atoms with E-state index in [4.69, 9.17) is 9.47 Å². The number of para-hydroxylation sites is 2. The molecule has 0 amide bonds. The van der Waals surface area contributed by atoms with Crippen LogP contribution in [0.3, 0.4) is 0 Å². The summed E-state index contributed by atoms with van der Waals surface area (Å²) in [5, 5.41) is 3.37. The maximum absolute atomic E-state index is 6.04. The summed E-state index contributed by atoms with van der Waals surface area (Å²) in [7, 11) is 0. The molecule has 1 unspecified atom stereocenters. The number of rotatable bonds is 6. The lowest BCUT2D eigenvalue weighted by molar-refractivity contribution is 0.0577. The number of hydrogen-bond donors (Lipinski definition) is 0. The van der Waals surface area contributed by atoms with Crippen molar-refractivity contribution >= 4 is 11.3 Å². The molecular formula is C17H22N2O2S. The molecule has 4 nitrogen and oxygen atoms in total. The SMILES string of the molecule is CCc1nc(CN(CC)CC2COc3ccccc3O2)cs1. The Hall–Kier alpha value is -1.59. The molecule has 2 aromatic rings. The maximum Gasteiger partial charge on any atom is 0.161 e. The summed E-state index contributed by atoms with van der Waals surface area (Å²) in [6.07, 6.45) is 1.08. The van der Waals surface area contributed by atoms with Gasteiger partial charge in [0, 0.05) is 18.5 Å². The number of hydrogen-bond acceptors (Lipinski definition) is 5. The van der Waals surface area contributed by atoms with Gasteiger partial charge in [-0.15, -0.1) is 11.3 Å². The van der Waals surface area contributed by atoms with Crippen molar-refractivity contribution in [2.75, 3.05) is 19.7 Å². The summed E-state index contributed by atoms with van der Waals surface area (Å²) < 4.78 is 11.8. The largest absolute Gasteiger partial charge is 0.486 e. The van der Waals surface area contributed by atoms with Gasteiger partial charge < -0.3 is 9.47 Å². The highest BCUT2D eigenvalue weighted by Gasteiger charge is 2.22. The van der Waals surface area contributed by atoms with Gasteiger partial charge in [0.1, 0.15) is 12.7 Å². The van der Waals surface area contributed by atoms with Crippen molar-refractivity contribution in [3.63, 3.8) is 0 Å². The first kappa shape index (κ1) is 15.3. The van der Waals surface area contributed by atoms with Crippen LogP contribution in [0.4, 0.5) is 0 Å². The second-order valence-corrected chi connectivity index (χ2v) is 6.35. The second kappa shape index (κ2) is 7.11. The van der Waals surface area contributed by atoms with Gasteiger partial charge in [-0.3, -0.25) is 4.90 Å². The van der Waals surface area contributed by atoms with Crippen LogP contribution in [-0.4, -0.2) is 35.7 Å². The molecule has 1 aromatic heterocycles. The Bertz CT molecular complexity index is 614. The summed E-state index contributed by atoms with van der Waals surface area (Å²) in [5.41, 5.74) is 1.15. The monoisotopic (exact) mass is 318 g/mol. The predicted octanol–water partition coefficient (Wildman–Crippen LogP) is 3.37. The van der Waals surface area contributed by atoms with E-state index in [1.807, 2.05) is 24.3 Å². The van der Waals surface area contributed by atoms with Gasteiger partial charge in [0.2, 0.25) is 0 Å². The van der Waals surface area contributed by atoms with Crippen molar-refractivity contribution in [3.8, 4) is 11.5 Å². The minimum atomic E-state index is 0.0686. The molecule has 0 saturated carbocycles. The zero-order valence-corrected chi connectivity index (χ0v) is 13.9. The van der Waals surface area contributed by atoms with E-state index < -0.39 is 0 Å². The van der Waals surface area contributed by atoms with E-state index in [0.717, 1.165) is 43.2 Å². The second-order valence-electron chi connectivity index (χ2n) is 5.41. The lowest BCUT2D eigenvalue weighted by Crippen LogP contribution is -2.40. The summed E-state index contributed by atoms with van der Waals surface area (Å²) in [6.45, 7) is 7.61. The van der Waals surface area contributed by atoms with Crippen LogP contribution in [-0.2, 0) is 13.0 Å². The minimum Gasteiger partial charge on any atom is -0.486 e. The number of benzene rings is 1. The quantitative estimate of drug-likeness (QED) is 0.818. The Morgan fingerprint density at radius 3 is 2.82 bits per heavy atom. The molecule has 0 fully saturated rings. The Morgan fingerprint density at radius 2 is 2.09 bits per heavy atom. The van der Waals surface area contributed by atoms with E-state index in [9.17, 15) is 0 Å². The number of ether oxygens (including phenoxy) is 2. The van der Waals surface area contributed by atoms with E-state index >= 15 is 0 Å². The third-order valence-corrected chi connectivity index (χ3v) is 4.81. The lowest BCUT2D eigenvalue weighted by Gasteiger charge is -2.30. The van der Waals surface area contributed by atoms with Crippen molar-refractivity contribution in [2.24, 2.45) is 0 Å². The Balaban J connectivity index is 1.59. The maximum atomic E-state index is 6.04. The Kier molecular flexibility index (Phi) is 4.95.